The molecule has 0 aromatic carbocycles. The third-order valence-electron chi connectivity index (χ3n) is 4.09. The highest BCUT2D eigenvalue weighted by Gasteiger charge is 2.37. The molecular weight excluding hydrogens is 286 g/mol. The van der Waals surface area contributed by atoms with Gasteiger partial charge in [-0.25, -0.2) is 0 Å². The molecule has 2 aliphatic rings. The molecule has 3 heterocycles. The van der Waals surface area contributed by atoms with E-state index in [0.29, 0.717) is 36.7 Å². The Morgan fingerprint density at radius 1 is 1.36 bits per heavy atom. The zero-order valence-corrected chi connectivity index (χ0v) is 12.4. The van der Waals surface area contributed by atoms with Crippen LogP contribution < -0.4 is 9.64 Å². The minimum absolute atomic E-state index is 0.328. The maximum atomic E-state index is 10.2. The molecule has 0 bridgehead atoms. The molecule has 0 spiro atoms. The standard InChI is InChI=1S/C14H19N5O3/c1-2-19-6-10(5-15-19)21-12-8-18(7-11(12)20)14-17-16-13(22-14)9-3-4-9/h5-6,9,11-12,20H,2-4,7-8H2,1H3/t11-,12-/m1/s1. The lowest BCUT2D eigenvalue weighted by atomic mass is 10.3. The summed E-state index contributed by atoms with van der Waals surface area (Å²) in [6.07, 6.45) is 4.81. The van der Waals surface area contributed by atoms with E-state index in [-0.39, 0.29) is 6.10 Å². The number of hydrogen-bond donors (Lipinski definition) is 1. The molecule has 118 valence electrons. The molecular formula is C14H19N5O3. The SMILES string of the molecule is CCn1cc(O[C@@H]2CN(c3nnc(C4CC4)o3)C[C@H]2O)cn1. The first kappa shape index (κ1) is 13.6. The van der Waals surface area contributed by atoms with Gasteiger partial charge in [0.15, 0.2) is 5.75 Å². The summed E-state index contributed by atoms with van der Waals surface area (Å²) >= 11 is 0. The summed E-state index contributed by atoms with van der Waals surface area (Å²) in [4.78, 5) is 1.87. The summed E-state index contributed by atoms with van der Waals surface area (Å²) in [5.74, 6) is 1.80. The van der Waals surface area contributed by atoms with E-state index >= 15 is 0 Å². The molecule has 1 aliphatic carbocycles. The zero-order chi connectivity index (χ0) is 15.1. The van der Waals surface area contributed by atoms with Gasteiger partial charge in [-0.2, -0.15) is 5.10 Å². The molecule has 1 saturated carbocycles. The molecule has 1 saturated heterocycles. The fraction of sp³-hybridized carbons (Fsp3) is 0.643. The van der Waals surface area contributed by atoms with Gasteiger partial charge >= 0.3 is 6.01 Å². The fourth-order valence-electron chi connectivity index (χ4n) is 2.63. The van der Waals surface area contributed by atoms with Crippen LogP contribution in [-0.4, -0.2) is 50.4 Å². The highest BCUT2D eigenvalue weighted by molar-refractivity contribution is 5.30. The lowest BCUT2D eigenvalue weighted by Gasteiger charge is -2.14. The Hall–Kier alpha value is -2.09. The van der Waals surface area contributed by atoms with Gasteiger partial charge in [-0.05, 0) is 19.8 Å². The third kappa shape index (κ3) is 2.54. The van der Waals surface area contributed by atoms with Crippen LogP contribution >= 0.6 is 0 Å². The summed E-state index contributed by atoms with van der Waals surface area (Å²) in [7, 11) is 0. The first-order chi connectivity index (χ1) is 10.7. The molecule has 2 fully saturated rings. The van der Waals surface area contributed by atoms with E-state index in [2.05, 4.69) is 15.3 Å². The Kier molecular flexibility index (Phi) is 3.25. The predicted octanol–water partition coefficient (Wildman–Crippen LogP) is 0.792. The number of ether oxygens (including phenoxy) is 1. The van der Waals surface area contributed by atoms with Crippen molar-refractivity contribution in [2.24, 2.45) is 0 Å². The number of aromatic nitrogens is 4. The Morgan fingerprint density at radius 3 is 2.95 bits per heavy atom. The highest BCUT2D eigenvalue weighted by atomic mass is 16.5. The van der Waals surface area contributed by atoms with Crippen molar-refractivity contribution in [2.45, 2.75) is 44.4 Å². The Bertz CT molecular complexity index is 650. The van der Waals surface area contributed by atoms with Crippen LogP contribution in [0.25, 0.3) is 0 Å². The number of hydrogen-bond acceptors (Lipinski definition) is 7. The van der Waals surface area contributed by atoms with Gasteiger partial charge in [-0.3, -0.25) is 4.68 Å². The average Bonchev–Trinajstić information content (AvgIpc) is 2.95. The second-order valence-electron chi connectivity index (χ2n) is 5.86. The Labute approximate surface area is 127 Å². The topological polar surface area (TPSA) is 89.4 Å². The maximum Gasteiger partial charge on any atom is 0.318 e. The van der Waals surface area contributed by atoms with Gasteiger partial charge in [-0.15, -0.1) is 5.10 Å². The second-order valence-corrected chi connectivity index (χ2v) is 5.86. The van der Waals surface area contributed by atoms with Crippen molar-refractivity contribution in [3.63, 3.8) is 0 Å². The van der Waals surface area contributed by atoms with Gasteiger partial charge in [0.2, 0.25) is 5.89 Å². The van der Waals surface area contributed by atoms with E-state index in [0.717, 1.165) is 19.4 Å². The fourth-order valence-corrected chi connectivity index (χ4v) is 2.63. The molecule has 4 rings (SSSR count). The average molecular weight is 305 g/mol. The van der Waals surface area contributed by atoms with E-state index in [4.69, 9.17) is 9.15 Å². The number of rotatable bonds is 5. The van der Waals surface area contributed by atoms with Crippen LogP contribution in [0.2, 0.25) is 0 Å². The maximum absolute atomic E-state index is 10.2. The van der Waals surface area contributed by atoms with Gasteiger partial charge in [0, 0.05) is 12.5 Å². The number of anilines is 1. The minimum atomic E-state index is -0.596. The first-order valence-corrected chi connectivity index (χ1v) is 7.68. The van der Waals surface area contributed by atoms with Crippen molar-refractivity contribution in [3.05, 3.63) is 18.3 Å². The number of aryl methyl sites for hydroxylation is 1. The summed E-state index contributed by atoms with van der Waals surface area (Å²) in [5.41, 5.74) is 0. The first-order valence-electron chi connectivity index (χ1n) is 7.68. The second kappa shape index (κ2) is 5.28. The van der Waals surface area contributed by atoms with Crippen LogP contribution in [-0.2, 0) is 6.54 Å². The summed E-state index contributed by atoms with van der Waals surface area (Å²) in [5, 5.41) is 22.5. The molecule has 1 aliphatic heterocycles. The van der Waals surface area contributed by atoms with Gasteiger partial charge in [-0.1, -0.05) is 5.10 Å². The van der Waals surface area contributed by atoms with E-state index in [1.165, 1.54) is 0 Å². The Balaban J connectivity index is 1.42. The van der Waals surface area contributed by atoms with Crippen LogP contribution in [0.5, 0.6) is 5.75 Å². The van der Waals surface area contributed by atoms with Crippen LogP contribution in [0, 0.1) is 0 Å². The molecule has 2 aromatic rings. The van der Waals surface area contributed by atoms with Crippen molar-refractivity contribution < 1.29 is 14.3 Å². The molecule has 8 nitrogen and oxygen atoms in total. The molecule has 0 radical (unpaired) electrons. The number of β-amino-alcohol motifs (C(OH)–C–C–N with tert-alkyl or cyclic N) is 1. The summed E-state index contributed by atoms with van der Waals surface area (Å²) < 4.78 is 13.3. The van der Waals surface area contributed by atoms with Crippen LogP contribution in [0.3, 0.4) is 0 Å². The minimum Gasteiger partial charge on any atom is -0.482 e. The third-order valence-corrected chi connectivity index (χ3v) is 4.09. The lowest BCUT2D eigenvalue weighted by molar-refractivity contribution is 0.0737. The monoisotopic (exact) mass is 305 g/mol. The highest BCUT2D eigenvalue weighted by Crippen LogP contribution is 2.40. The van der Waals surface area contributed by atoms with Gasteiger partial charge in [0.25, 0.3) is 0 Å². The van der Waals surface area contributed by atoms with Crippen LogP contribution in [0.4, 0.5) is 6.01 Å². The molecule has 0 unspecified atom stereocenters. The normalized spacial score (nSPS) is 24.9. The number of aliphatic hydroxyl groups excluding tert-OH is 1. The van der Waals surface area contributed by atoms with Gasteiger partial charge in [0.05, 0.1) is 25.5 Å². The van der Waals surface area contributed by atoms with Crippen molar-refractivity contribution in [3.8, 4) is 5.75 Å². The predicted molar refractivity (Wildman–Crippen MR) is 76.8 cm³/mol. The van der Waals surface area contributed by atoms with E-state index in [9.17, 15) is 5.11 Å². The summed E-state index contributed by atoms with van der Waals surface area (Å²) in [6, 6.07) is 0.469. The summed E-state index contributed by atoms with van der Waals surface area (Å²) in [6.45, 7) is 3.74. The quantitative estimate of drug-likeness (QED) is 0.873. The number of aliphatic hydroxyl groups is 1. The molecule has 22 heavy (non-hydrogen) atoms. The van der Waals surface area contributed by atoms with Crippen molar-refractivity contribution in [1.82, 2.24) is 20.0 Å². The Morgan fingerprint density at radius 2 is 2.23 bits per heavy atom. The van der Waals surface area contributed by atoms with Crippen LogP contribution in [0.1, 0.15) is 31.6 Å². The van der Waals surface area contributed by atoms with Crippen molar-refractivity contribution in [1.29, 1.82) is 0 Å². The molecule has 1 N–H and O–H groups in total. The largest absolute Gasteiger partial charge is 0.482 e. The lowest BCUT2D eigenvalue weighted by Crippen LogP contribution is -2.29. The van der Waals surface area contributed by atoms with Crippen LogP contribution in [0.15, 0.2) is 16.8 Å². The molecule has 8 heteroatoms. The van der Waals surface area contributed by atoms with E-state index < -0.39 is 6.10 Å². The number of nitrogens with zero attached hydrogens (tertiary/aromatic N) is 5. The van der Waals surface area contributed by atoms with E-state index in [1.807, 2.05) is 18.0 Å². The van der Waals surface area contributed by atoms with Crippen molar-refractivity contribution >= 4 is 6.01 Å². The molecule has 2 aromatic heterocycles. The smallest absolute Gasteiger partial charge is 0.318 e. The molecule has 0 amide bonds. The van der Waals surface area contributed by atoms with E-state index in [1.54, 1.807) is 10.9 Å². The zero-order valence-electron chi connectivity index (χ0n) is 12.4. The van der Waals surface area contributed by atoms with Gasteiger partial charge < -0.3 is 19.2 Å². The molecule has 2 atom stereocenters. The van der Waals surface area contributed by atoms with Gasteiger partial charge in [0.1, 0.15) is 12.2 Å². The van der Waals surface area contributed by atoms with Crippen molar-refractivity contribution in [2.75, 3.05) is 18.0 Å².